The van der Waals surface area contributed by atoms with Crippen LogP contribution in [0.25, 0.3) is 0 Å². The normalized spacial score (nSPS) is 22.3. The molecule has 2 nitrogen and oxygen atoms in total. The van der Waals surface area contributed by atoms with Gasteiger partial charge in [-0.05, 0) is 24.5 Å². The van der Waals surface area contributed by atoms with Crippen LogP contribution in [0.5, 0.6) is 0 Å². The third-order valence-electron chi connectivity index (χ3n) is 2.76. The molecule has 0 spiro atoms. The van der Waals surface area contributed by atoms with Gasteiger partial charge in [0.05, 0.1) is 0 Å². The van der Waals surface area contributed by atoms with Crippen LogP contribution in [0.4, 0.5) is 5.69 Å². The molecule has 0 amide bonds. The van der Waals surface area contributed by atoms with Crippen molar-refractivity contribution >= 4 is 5.69 Å². The summed E-state index contributed by atoms with van der Waals surface area (Å²) in [4.78, 5) is 2.29. The maximum atomic E-state index is 6.08. The van der Waals surface area contributed by atoms with E-state index in [-0.39, 0.29) is 6.04 Å². The van der Waals surface area contributed by atoms with Crippen molar-refractivity contribution < 1.29 is 0 Å². The summed E-state index contributed by atoms with van der Waals surface area (Å²) in [6, 6.07) is 8.66. The Hall–Kier alpha value is -1.02. The van der Waals surface area contributed by atoms with Crippen molar-refractivity contribution in [3.05, 3.63) is 29.8 Å². The molecule has 1 unspecified atom stereocenters. The fourth-order valence-corrected chi connectivity index (χ4v) is 1.97. The van der Waals surface area contributed by atoms with Gasteiger partial charge in [-0.1, -0.05) is 18.2 Å². The number of para-hydroxylation sites is 1. The summed E-state index contributed by atoms with van der Waals surface area (Å²) in [6.45, 7) is 1.12. The van der Waals surface area contributed by atoms with Gasteiger partial charge < -0.3 is 10.6 Å². The fraction of sp³-hybridized carbons (Fsp3) is 0.455. The quantitative estimate of drug-likeness (QED) is 0.654. The molecule has 13 heavy (non-hydrogen) atoms. The standard InChI is InChI=1S/C11H16N2/c1-13-8-4-6-10(12)9-5-2-3-7-11(9)13/h2-3,5,7,10H,4,6,8,12H2,1H3. The van der Waals surface area contributed by atoms with Crippen LogP contribution in [0, 0.1) is 0 Å². The highest BCUT2D eigenvalue weighted by Crippen LogP contribution is 2.29. The van der Waals surface area contributed by atoms with Crippen LogP contribution in [-0.4, -0.2) is 13.6 Å². The van der Waals surface area contributed by atoms with Crippen molar-refractivity contribution in [2.45, 2.75) is 18.9 Å². The first-order valence-corrected chi connectivity index (χ1v) is 4.84. The summed E-state index contributed by atoms with van der Waals surface area (Å²) in [6.07, 6.45) is 2.29. The summed E-state index contributed by atoms with van der Waals surface area (Å²) in [7, 11) is 2.14. The van der Waals surface area contributed by atoms with Gasteiger partial charge in [-0.3, -0.25) is 0 Å². The maximum Gasteiger partial charge on any atom is 0.0412 e. The molecule has 70 valence electrons. The second-order valence-electron chi connectivity index (χ2n) is 3.73. The molecule has 0 bridgehead atoms. The van der Waals surface area contributed by atoms with E-state index in [1.807, 2.05) is 0 Å². The lowest BCUT2D eigenvalue weighted by Gasteiger charge is -2.19. The predicted octanol–water partition coefficient (Wildman–Crippen LogP) is 1.92. The van der Waals surface area contributed by atoms with Gasteiger partial charge in [0.1, 0.15) is 0 Å². The third-order valence-corrected chi connectivity index (χ3v) is 2.76. The largest absolute Gasteiger partial charge is 0.374 e. The van der Waals surface area contributed by atoms with Crippen molar-refractivity contribution in [2.75, 3.05) is 18.5 Å². The first-order chi connectivity index (χ1) is 6.29. The summed E-state index contributed by atoms with van der Waals surface area (Å²) < 4.78 is 0. The molecule has 0 saturated carbocycles. The average molecular weight is 176 g/mol. The van der Waals surface area contributed by atoms with Gasteiger partial charge in [0, 0.05) is 25.3 Å². The van der Waals surface area contributed by atoms with Crippen LogP contribution in [0.15, 0.2) is 24.3 Å². The number of rotatable bonds is 0. The SMILES string of the molecule is CN1CCCC(N)c2ccccc21. The second-order valence-corrected chi connectivity index (χ2v) is 3.73. The van der Waals surface area contributed by atoms with Crippen LogP contribution < -0.4 is 10.6 Å². The molecular formula is C11H16N2. The highest BCUT2D eigenvalue weighted by atomic mass is 15.1. The first kappa shape index (κ1) is 8.57. The molecule has 2 N–H and O–H groups in total. The maximum absolute atomic E-state index is 6.08. The van der Waals surface area contributed by atoms with E-state index in [2.05, 4.69) is 36.2 Å². The Morgan fingerprint density at radius 2 is 2.15 bits per heavy atom. The Bertz CT molecular complexity index is 267. The van der Waals surface area contributed by atoms with Gasteiger partial charge >= 0.3 is 0 Å². The number of benzene rings is 1. The molecule has 1 atom stereocenters. The Morgan fingerprint density at radius 3 is 3.00 bits per heavy atom. The fourth-order valence-electron chi connectivity index (χ4n) is 1.97. The molecule has 0 aromatic heterocycles. The molecule has 1 aliphatic rings. The summed E-state index contributed by atoms with van der Waals surface area (Å²) in [5, 5.41) is 0. The molecule has 1 aromatic carbocycles. The van der Waals surface area contributed by atoms with E-state index in [4.69, 9.17) is 5.73 Å². The third kappa shape index (κ3) is 1.54. The van der Waals surface area contributed by atoms with Crippen LogP contribution in [0.3, 0.4) is 0 Å². The monoisotopic (exact) mass is 176 g/mol. The van der Waals surface area contributed by atoms with Gasteiger partial charge in [0.15, 0.2) is 0 Å². The second kappa shape index (κ2) is 3.38. The molecule has 0 aliphatic carbocycles. The minimum absolute atomic E-state index is 0.223. The van der Waals surface area contributed by atoms with Crippen molar-refractivity contribution in [3.63, 3.8) is 0 Å². The minimum Gasteiger partial charge on any atom is -0.374 e. The van der Waals surface area contributed by atoms with Crippen LogP contribution in [0.2, 0.25) is 0 Å². The molecule has 0 radical (unpaired) electrons. The van der Waals surface area contributed by atoms with Gasteiger partial charge in [-0.2, -0.15) is 0 Å². The highest BCUT2D eigenvalue weighted by Gasteiger charge is 2.16. The Balaban J connectivity index is 2.45. The van der Waals surface area contributed by atoms with Crippen LogP contribution in [-0.2, 0) is 0 Å². The van der Waals surface area contributed by atoms with Crippen molar-refractivity contribution in [3.8, 4) is 0 Å². The smallest absolute Gasteiger partial charge is 0.0412 e. The van der Waals surface area contributed by atoms with Crippen LogP contribution >= 0.6 is 0 Å². The van der Waals surface area contributed by atoms with Gasteiger partial charge in [0.2, 0.25) is 0 Å². The van der Waals surface area contributed by atoms with Gasteiger partial charge in [-0.25, -0.2) is 0 Å². The molecular weight excluding hydrogens is 160 g/mol. The molecule has 1 aromatic rings. The molecule has 2 heteroatoms. The number of fused-ring (bicyclic) bond motifs is 1. The van der Waals surface area contributed by atoms with E-state index in [0.29, 0.717) is 0 Å². The lowest BCUT2D eigenvalue weighted by molar-refractivity contribution is 0.633. The average Bonchev–Trinajstić information content (AvgIpc) is 2.29. The lowest BCUT2D eigenvalue weighted by Crippen LogP contribution is -2.17. The molecule has 1 heterocycles. The molecule has 0 saturated heterocycles. The number of hydrogen-bond donors (Lipinski definition) is 1. The molecule has 1 aliphatic heterocycles. The Morgan fingerprint density at radius 1 is 1.38 bits per heavy atom. The zero-order valence-corrected chi connectivity index (χ0v) is 8.03. The van der Waals surface area contributed by atoms with Gasteiger partial charge in [0.25, 0.3) is 0 Å². The van der Waals surface area contributed by atoms with Crippen molar-refractivity contribution in [1.29, 1.82) is 0 Å². The number of nitrogens with zero attached hydrogens (tertiary/aromatic N) is 1. The topological polar surface area (TPSA) is 29.3 Å². The predicted molar refractivity (Wildman–Crippen MR) is 55.9 cm³/mol. The number of nitrogens with two attached hydrogens (primary N) is 1. The van der Waals surface area contributed by atoms with Crippen LogP contribution in [0.1, 0.15) is 24.4 Å². The zero-order chi connectivity index (χ0) is 9.26. The van der Waals surface area contributed by atoms with E-state index in [0.717, 1.165) is 13.0 Å². The van der Waals surface area contributed by atoms with Crippen molar-refractivity contribution in [2.24, 2.45) is 5.73 Å². The Kier molecular flexibility index (Phi) is 2.23. The van der Waals surface area contributed by atoms with Crippen molar-refractivity contribution in [1.82, 2.24) is 0 Å². The molecule has 2 rings (SSSR count). The summed E-state index contributed by atoms with van der Waals surface area (Å²) in [5.74, 6) is 0. The highest BCUT2D eigenvalue weighted by molar-refractivity contribution is 5.55. The van der Waals surface area contributed by atoms with E-state index >= 15 is 0 Å². The summed E-state index contributed by atoms with van der Waals surface area (Å²) >= 11 is 0. The molecule has 0 fully saturated rings. The van der Waals surface area contributed by atoms with E-state index in [1.54, 1.807) is 0 Å². The number of anilines is 1. The Labute approximate surface area is 79.4 Å². The summed E-state index contributed by atoms with van der Waals surface area (Å²) in [5.41, 5.74) is 8.67. The zero-order valence-electron chi connectivity index (χ0n) is 8.03. The van der Waals surface area contributed by atoms with E-state index in [9.17, 15) is 0 Å². The first-order valence-electron chi connectivity index (χ1n) is 4.84. The number of hydrogen-bond acceptors (Lipinski definition) is 2. The lowest BCUT2D eigenvalue weighted by atomic mass is 10.0. The van der Waals surface area contributed by atoms with E-state index in [1.165, 1.54) is 17.7 Å². The van der Waals surface area contributed by atoms with E-state index < -0.39 is 0 Å². The minimum atomic E-state index is 0.223. The van der Waals surface area contributed by atoms with Gasteiger partial charge in [-0.15, -0.1) is 0 Å².